The van der Waals surface area contributed by atoms with Crippen molar-refractivity contribution < 1.29 is 24.2 Å². The standard InChI is InChI=1S/C20H19N3O7/c1-29-15-9-6-13(7-10-15)20(24)30-21-18-5-3-2-4-16(18)17-11-8-14(22(25)26)12-19(17)23(27)28/h6-12,16H,2-5H2,1H3/b21-18-/t16-/m0/s1. The lowest BCUT2D eigenvalue weighted by molar-refractivity contribution is -0.394. The number of oxime groups is 1. The molecule has 0 aromatic heterocycles. The van der Waals surface area contributed by atoms with Gasteiger partial charge in [-0.15, -0.1) is 0 Å². The zero-order valence-corrected chi connectivity index (χ0v) is 16.1. The van der Waals surface area contributed by atoms with E-state index >= 15 is 0 Å². The van der Waals surface area contributed by atoms with Gasteiger partial charge in [-0.05, 0) is 49.6 Å². The van der Waals surface area contributed by atoms with Crippen LogP contribution in [0.3, 0.4) is 0 Å². The van der Waals surface area contributed by atoms with Gasteiger partial charge in [0.15, 0.2) is 0 Å². The minimum absolute atomic E-state index is 0.286. The molecule has 2 aromatic carbocycles. The highest BCUT2D eigenvalue weighted by Crippen LogP contribution is 2.37. The molecule has 156 valence electrons. The molecule has 0 heterocycles. The molecule has 30 heavy (non-hydrogen) atoms. The Morgan fingerprint density at radius 2 is 1.80 bits per heavy atom. The summed E-state index contributed by atoms with van der Waals surface area (Å²) >= 11 is 0. The van der Waals surface area contributed by atoms with Crippen molar-refractivity contribution in [2.45, 2.75) is 31.6 Å². The second-order valence-electron chi connectivity index (χ2n) is 6.75. The number of nitro groups is 2. The van der Waals surface area contributed by atoms with Crippen LogP contribution >= 0.6 is 0 Å². The Kier molecular flexibility index (Phi) is 6.35. The van der Waals surface area contributed by atoms with E-state index in [9.17, 15) is 25.0 Å². The molecule has 10 heteroatoms. The molecule has 0 saturated heterocycles. The molecule has 0 N–H and O–H groups in total. The predicted octanol–water partition coefficient (Wildman–Crippen LogP) is 4.38. The minimum Gasteiger partial charge on any atom is -0.497 e. The van der Waals surface area contributed by atoms with Crippen LogP contribution in [0.5, 0.6) is 5.75 Å². The van der Waals surface area contributed by atoms with E-state index in [1.807, 2.05) is 0 Å². The molecule has 0 amide bonds. The van der Waals surface area contributed by atoms with Crippen molar-refractivity contribution in [3.05, 3.63) is 73.8 Å². The van der Waals surface area contributed by atoms with Crippen molar-refractivity contribution in [1.29, 1.82) is 0 Å². The Balaban J connectivity index is 1.86. The number of hydrogen-bond acceptors (Lipinski definition) is 8. The van der Waals surface area contributed by atoms with E-state index in [4.69, 9.17) is 9.57 Å². The first-order valence-electron chi connectivity index (χ1n) is 9.25. The fourth-order valence-electron chi connectivity index (χ4n) is 3.42. The van der Waals surface area contributed by atoms with Gasteiger partial charge in [0, 0.05) is 17.5 Å². The molecule has 0 unspecified atom stereocenters. The molecule has 0 bridgehead atoms. The molecule has 1 atom stereocenters. The van der Waals surface area contributed by atoms with Crippen molar-refractivity contribution in [2.24, 2.45) is 5.16 Å². The van der Waals surface area contributed by atoms with Gasteiger partial charge >= 0.3 is 5.97 Å². The van der Waals surface area contributed by atoms with Crippen LogP contribution in [0.1, 0.15) is 47.5 Å². The van der Waals surface area contributed by atoms with E-state index in [-0.39, 0.29) is 16.9 Å². The number of carbonyl (C=O) groups is 1. The first-order valence-corrected chi connectivity index (χ1v) is 9.25. The lowest BCUT2D eigenvalue weighted by Gasteiger charge is -2.23. The van der Waals surface area contributed by atoms with Gasteiger partial charge in [-0.2, -0.15) is 0 Å². The summed E-state index contributed by atoms with van der Waals surface area (Å²) < 4.78 is 5.04. The highest BCUT2D eigenvalue weighted by Gasteiger charge is 2.31. The summed E-state index contributed by atoms with van der Waals surface area (Å²) in [5.41, 5.74) is 0.411. The van der Waals surface area contributed by atoms with Crippen LogP contribution in [0.4, 0.5) is 11.4 Å². The first kappa shape index (κ1) is 20.9. The van der Waals surface area contributed by atoms with Crippen LogP contribution in [-0.4, -0.2) is 28.6 Å². The normalized spacial score (nSPS) is 17.4. The Bertz CT molecular complexity index is 1000. The van der Waals surface area contributed by atoms with Crippen molar-refractivity contribution in [1.82, 2.24) is 0 Å². The first-order chi connectivity index (χ1) is 14.4. The fourth-order valence-corrected chi connectivity index (χ4v) is 3.42. The predicted molar refractivity (Wildman–Crippen MR) is 107 cm³/mol. The van der Waals surface area contributed by atoms with Crippen LogP contribution in [0.25, 0.3) is 0 Å². The molecule has 0 spiro atoms. The lowest BCUT2D eigenvalue weighted by atomic mass is 9.81. The molecule has 1 fully saturated rings. The highest BCUT2D eigenvalue weighted by atomic mass is 16.7. The quantitative estimate of drug-likeness (QED) is 0.389. The summed E-state index contributed by atoms with van der Waals surface area (Å²) in [6.45, 7) is 0. The number of nitro benzene ring substituents is 2. The van der Waals surface area contributed by atoms with Crippen LogP contribution in [0.15, 0.2) is 47.6 Å². The number of ether oxygens (including phenoxy) is 1. The summed E-state index contributed by atoms with van der Waals surface area (Å²) in [4.78, 5) is 38.5. The number of rotatable bonds is 6. The summed E-state index contributed by atoms with van der Waals surface area (Å²) in [6, 6.07) is 9.89. The third-order valence-electron chi connectivity index (χ3n) is 4.95. The van der Waals surface area contributed by atoms with Gasteiger partial charge in [0.2, 0.25) is 0 Å². The molecular formula is C20H19N3O7. The molecule has 1 saturated carbocycles. The number of methoxy groups -OCH3 is 1. The largest absolute Gasteiger partial charge is 0.497 e. The molecular weight excluding hydrogens is 394 g/mol. The zero-order chi connectivity index (χ0) is 21.7. The summed E-state index contributed by atoms with van der Waals surface area (Å²) in [5.74, 6) is -0.521. The van der Waals surface area contributed by atoms with E-state index in [0.717, 1.165) is 18.9 Å². The Morgan fingerprint density at radius 1 is 1.07 bits per heavy atom. The molecule has 2 aromatic rings. The van der Waals surface area contributed by atoms with E-state index in [0.29, 0.717) is 29.9 Å². The Hall–Kier alpha value is -3.82. The van der Waals surface area contributed by atoms with Gasteiger partial charge in [0.1, 0.15) is 5.75 Å². The van der Waals surface area contributed by atoms with Crippen LogP contribution in [-0.2, 0) is 4.84 Å². The maximum absolute atomic E-state index is 12.3. The summed E-state index contributed by atoms with van der Waals surface area (Å²) in [5, 5.41) is 26.5. The van der Waals surface area contributed by atoms with Gasteiger partial charge in [-0.3, -0.25) is 20.2 Å². The maximum Gasteiger partial charge on any atom is 0.365 e. The summed E-state index contributed by atoms with van der Waals surface area (Å²) in [7, 11) is 1.51. The van der Waals surface area contributed by atoms with E-state index in [1.54, 1.807) is 24.3 Å². The number of non-ortho nitro benzene ring substituents is 1. The van der Waals surface area contributed by atoms with Crippen LogP contribution in [0, 0.1) is 20.2 Å². The molecule has 1 aliphatic carbocycles. The SMILES string of the molecule is COc1ccc(C(=O)O/N=C2/CCCC[C@H]2c2ccc([N+](=O)[O-])cc2[N+](=O)[O-])cc1. The highest BCUT2D eigenvalue weighted by molar-refractivity contribution is 5.94. The number of benzene rings is 2. The van der Waals surface area contributed by atoms with Gasteiger partial charge in [-0.1, -0.05) is 11.6 Å². The van der Waals surface area contributed by atoms with E-state index < -0.39 is 21.7 Å². The number of carbonyl (C=O) groups excluding carboxylic acids is 1. The van der Waals surface area contributed by atoms with Gasteiger partial charge in [-0.25, -0.2) is 4.79 Å². The fraction of sp³-hybridized carbons (Fsp3) is 0.300. The Labute approximate surface area is 171 Å². The van der Waals surface area contributed by atoms with Crippen LogP contribution in [0.2, 0.25) is 0 Å². The smallest absolute Gasteiger partial charge is 0.365 e. The molecule has 0 radical (unpaired) electrons. The second-order valence-corrected chi connectivity index (χ2v) is 6.75. The number of nitrogens with zero attached hydrogens (tertiary/aromatic N) is 3. The minimum atomic E-state index is -0.677. The average Bonchev–Trinajstić information content (AvgIpc) is 2.77. The van der Waals surface area contributed by atoms with E-state index in [1.165, 1.54) is 19.2 Å². The third kappa shape index (κ3) is 4.59. The lowest BCUT2D eigenvalue weighted by Crippen LogP contribution is -2.20. The van der Waals surface area contributed by atoms with Gasteiger partial charge < -0.3 is 9.57 Å². The van der Waals surface area contributed by atoms with Crippen molar-refractivity contribution >= 4 is 23.1 Å². The maximum atomic E-state index is 12.3. The third-order valence-corrected chi connectivity index (χ3v) is 4.95. The number of hydrogen-bond donors (Lipinski definition) is 0. The van der Waals surface area contributed by atoms with E-state index in [2.05, 4.69) is 5.16 Å². The van der Waals surface area contributed by atoms with Crippen molar-refractivity contribution in [3.63, 3.8) is 0 Å². The van der Waals surface area contributed by atoms with Gasteiger partial charge in [0.05, 0.1) is 34.3 Å². The molecule has 10 nitrogen and oxygen atoms in total. The second kappa shape index (κ2) is 9.12. The summed E-state index contributed by atoms with van der Waals surface area (Å²) in [6.07, 6.45) is 2.69. The monoisotopic (exact) mass is 413 g/mol. The average molecular weight is 413 g/mol. The zero-order valence-electron chi connectivity index (χ0n) is 16.1. The van der Waals surface area contributed by atoms with Crippen LogP contribution < -0.4 is 4.74 Å². The molecule has 0 aliphatic heterocycles. The Morgan fingerprint density at radius 3 is 2.43 bits per heavy atom. The molecule has 1 aliphatic rings. The van der Waals surface area contributed by atoms with Gasteiger partial charge in [0.25, 0.3) is 11.4 Å². The molecule has 3 rings (SSSR count). The van der Waals surface area contributed by atoms with Crippen molar-refractivity contribution in [3.8, 4) is 5.75 Å². The topological polar surface area (TPSA) is 134 Å². The van der Waals surface area contributed by atoms with Crippen molar-refractivity contribution in [2.75, 3.05) is 7.11 Å².